The summed E-state index contributed by atoms with van der Waals surface area (Å²) in [6, 6.07) is 7.55. The average molecular weight is 312 g/mol. The molecule has 1 unspecified atom stereocenters. The standard InChI is InChI=1S/C16H26ClN3O/c1-12(2)9-13(11-20(3)4)18-10-16(21)19-15-8-6-5-7-14(15)17/h5-8,12-13,18H,9-11H2,1-4H3,(H,19,21). The first-order chi connectivity index (χ1) is 9.88. The number of carbonyl (C=O) groups excluding carboxylic acids is 1. The maximum atomic E-state index is 12.0. The molecular weight excluding hydrogens is 286 g/mol. The Balaban J connectivity index is 2.47. The van der Waals surface area contributed by atoms with Crippen LogP contribution >= 0.6 is 11.6 Å². The Morgan fingerprint density at radius 2 is 1.95 bits per heavy atom. The number of hydrogen-bond acceptors (Lipinski definition) is 3. The van der Waals surface area contributed by atoms with Crippen LogP contribution < -0.4 is 10.6 Å². The second kappa shape index (κ2) is 9.03. The SMILES string of the molecule is CC(C)CC(CN(C)C)NCC(=O)Nc1ccccc1Cl. The lowest BCUT2D eigenvalue weighted by atomic mass is 10.0. The number of halogens is 1. The highest BCUT2D eigenvalue weighted by molar-refractivity contribution is 6.33. The van der Waals surface area contributed by atoms with E-state index in [1.807, 2.05) is 26.2 Å². The van der Waals surface area contributed by atoms with Crippen LogP contribution in [0.25, 0.3) is 0 Å². The van der Waals surface area contributed by atoms with E-state index in [1.54, 1.807) is 12.1 Å². The fourth-order valence-corrected chi connectivity index (χ4v) is 2.41. The molecule has 0 bridgehead atoms. The van der Waals surface area contributed by atoms with Crippen molar-refractivity contribution in [1.82, 2.24) is 10.2 Å². The fraction of sp³-hybridized carbons (Fsp3) is 0.562. The average Bonchev–Trinajstić information content (AvgIpc) is 2.37. The van der Waals surface area contributed by atoms with Crippen LogP contribution in [0.1, 0.15) is 20.3 Å². The summed E-state index contributed by atoms with van der Waals surface area (Å²) in [7, 11) is 4.08. The highest BCUT2D eigenvalue weighted by atomic mass is 35.5. The molecule has 21 heavy (non-hydrogen) atoms. The Morgan fingerprint density at radius 1 is 1.29 bits per heavy atom. The monoisotopic (exact) mass is 311 g/mol. The molecule has 0 heterocycles. The summed E-state index contributed by atoms with van der Waals surface area (Å²) in [5.41, 5.74) is 0.652. The number of rotatable bonds is 8. The normalized spacial score (nSPS) is 12.7. The van der Waals surface area contributed by atoms with E-state index in [0.717, 1.165) is 13.0 Å². The summed E-state index contributed by atoms with van der Waals surface area (Å²) in [5.74, 6) is 0.518. The molecule has 0 aliphatic rings. The Bertz CT molecular complexity index is 439. The Kier molecular flexibility index (Phi) is 7.72. The van der Waals surface area contributed by atoms with Gasteiger partial charge in [0.1, 0.15) is 0 Å². The summed E-state index contributed by atoms with van der Waals surface area (Å²) >= 11 is 6.03. The van der Waals surface area contributed by atoms with Crippen molar-refractivity contribution in [2.24, 2.45) is 5.92 Å². The Morgan fingerprint density at radius 3 is 2.52 bits per heavy atom. The zero-order valence-corrected chi connectivity index (χ0v) is 14.1. The molecule has 118 valence electrons. The lowest BCUT2D eigenvalue weighted by Gasteiger charge is -2.23. The van der Waals surface area contributed by atoms with Crippen molar-refractivity contribution in [3.8, 4) is 0 Å². The summed E-state index contributed by atoms with van der Waals surface area (Å²) < 4.78 is 0. The lowest BCUT2D eigenvalue weighted by molar-refractivity contribution is -0.115. The van der Waals surface area contributed by atoms with Crippen molar-refractivity contribution in [3.63, 3.8) is 0 Å². The molecular formula is C16H26ClN3O. The molecule has 0 spiro atoms. The minimum atomic E-state index is -0.0735. The van der Waals surface area contributed by atoms with Gasteiger partial charge >= 0.3 is 0 Å². The highest BCUT2D eigenvalue weighted by Gasteiger charge is 2.13. The van der Waals surface area contributed by atoms with Gasteiger partial charge in [-0.05, 0) is 38.6 Å². The molecule has 5 heteroatoms. The minimum Gasteiger partial charge on any atom is -0.324 e. The molecule has 0 saturated heterocycles. The van der Waals surface area contributed by atoms with E-state index in [4.69, 9.17) is 11.6 Å². The van der Waals surface area contributed by atoms with E-state index < -0.39 is 0 Å². The van der Waals surface area contributed by atoms with E-state index in [9.17, 15) is 4.79 Å². The Hall–Kier alpha value is -1.10. The van der Waals surface area contributed by atoms with E-state index >= 15 is 0 Å². The van der Waals surface area contributed by atoms with Crippen molar-refractivity contribution in [3.05, 3.63) is 29.3 Å². The number of amides is 1. The molecule has 1 atom stereocenters. The van der Waals surface area contributed by atoms with E-state index in [1.165, 1.54) is 0 Å². The molecule has 1 amide bonds. The third-order valence-corrected chi connectivity index (χ3v) is 3.37. The van der Waals surface area contributed by atoms with Crippen LogP contribution in [-0.4, -0.2) is 44.0 Å². The molecule has 1 aromatic rings. The van der Waals surface area contributed by atoms with Gasteiger partial charge in [0.15, 0.2) is 0 Å². The maximum Gasteiger partial charge on any atom is 0.238 e. The number of anilines is 1. The van der Waals surface area contributed by atoms with Crippen molar-refractivity contribution in [2.45, 2.75) is 26.3 Å². The number of benzene rings is 1. The summed E-state index contributed by atoms with van der Waals surface area (Å²) in [5, 5.41) is 6.70. The first kappa shape index (κ1) is 18.0. The van der Waals surface area contributed by atoms with Crippen molar-refractivity contribution in [1.29, 1.82) is 0 Å². The van der Waals surface area contributed by atoms with Gasteiger partial charge in [0.2, 0.25) is 5.91 Å². The first-order valence-corrected chi connectivity index (χ1v) is 7.68. The third-order valence-electron chi connectivity index (χ3n) is 3.04. The number of para-hydroxylation sites is 1. The van der Waals surface area contributed by atoms with Gasteiger partial charge in [-0.1, -0.05) is 37.6 Å². The van der Waals surface area contributed by atoms with Gasteiger partial charge in [0, 0.05) is 12.6 Å². The van der Waals surface area contributed by atoms with Crippen LogP contribution in [-0.2, 0) is 4.79 Å². The predicted molar refractivity (Wildman–Crippen MR) is 89.9 cm³/mol. The Labute approximate surface area is 132 Å². The number of hydrogen-bond donors (Lipinski definition) is 2. The molecule has 1 aromatic carbocycles. The van der Waals surface area contributed by atoms with Gasteiger partial charge in [-0.15, -0.1) is 0 Å². The van der Waals surface area contributed by atoms with Crippen molar-refractivity contribution < 1.29 is 4.79 Å². The molecule has 0 saturated carbocycles. The smallest absolute Gasteiger partial charge is 0.238 e. The number of nitrogens with one attached hydrogen (secondary N) is 2. The molecule has 0 radical (unpaired) electrons. The number of nitrogens with zero attached hydrogens (tertiary/aromatic N) is 1. The van der Waals surface area contributed by atoms with Crippen LogP contribution in [0.3, 0.4) is 0 Å². The van der Waals surface area contributed by atoms with Crippen LogP contribution in [0.2, 0.25) is 5.02 Å². The van der Waals surface area contributed by atoms with Gasteiger partial charge in [-0.25, -0.2) is 0 Å². The third kappa shape index (κ3) is 7.46. The lowest BCUT2D eigenvalue weighted by Crippen LogP contribution is -2.42. The molecule has 0 aliphatic carbocycles. The zero-order chi connectivity index (χ0) is 15.8. The highest BCUT2D eigenvalue weighted by Crippen LogP contribution is 2.20. The zero-order valence-electron chi connectivity index (χ0n) is 13.3. The first-order valence-electron chi connectivity index (χ1n) is 7.31. The maximum absolute atomic E-state index is 12.0. The quantitative estimate of drug-likeness (QED) is 0.776. The molecule has 1 rings (SSSR count). The van der Waals surface area contributed by atoms with Gasteiger partial charge in [-0.3, -0.25) is 4.79 Å². The largest absolute Gasteiger partial charge is 0.324 e. The van der Waals surface area contributed by atoms with E-state index in [0.29, 0.717) is 22.7 Å². The number of carbonyl (C=O) groups is 1. The molecule has 4 nitrogen and oxygen atoms in total. The fourth-order valence-electron chi connectivity index (χ4n) is 2.23. The molecule has 0 aromatic heterocycles. The van der Waals surface area contributed by atoms with Gasteiger partial charge < -0.3 is 15.5 Å². The minimum absolute atomic E-state index is 0.0735. The van der Waals surface area contributed by atoms with Crippen molar-refractivity contribution >= 4 is 23.2 Å². The summed E-state index contributed by atoms with van der Waals surface area (Å²) in [6.45, 7) is 5.58. The molecule has 2 N–H and O–H groups in total. The summed E-state index contributed by atoms with van der Waals surface area (Å²) in [6.07, 6.45) is 1.04. The summed E-state index contributed by atoms with van der Waals surface area (Å²) in [4.78, 5) is 14.1. The van der Waals surface area contributed by atoms with E-state index in [-0.39, 0.29) is 12.5 Å². The van der Waals surface area contributed by atoms with Gasteiger partial charge in [0.05, 0.1) is 17.3 Å². The van der Waals surface area contributed by atoms with Crippen LogP contribution in [0.15, 0.2) is 24.3 Å². The van der Waals surface area contributed by atoms with Crippen LogP contribution in [0, 0.1) is 5.92 Å². The molecule has 0 fully saturated rings. The van der Waals surface area contributed by atoms with Crippen molar-refractivity contribution in [2.75, 3.05) is 32.5 Å². The second-order valence-corrected chi connectivity index (χ2v) is 6.40. The van der Waals surface area contributed by atoms with Crippen LogP contribution in [0.5, 0.6) is 0 Å². The number of likely N-dealkylation sites (N-methyl/N-ethyl adjacent to an activating group) is 1. The van der Waals surface area contributed by atoms with Gasteiger partial charge in [-0.2, -0.15) is 0 Å². The topological polar surface area (TPSA) is 44.4 Å². The van der Waals surface area contributed by atoms with Gasteiger partial charge in [0.25, 0.3) is 0 Å². The second-order valence-electron chi connectivity index (χ2n) is 6.00. The van der Waals surface area contributed by atoms with E-state index in [2.05, 4.69) is 29.4 Å². The molecule has 0 aliphatic heterocycles. The van der Waals surface area contributed by atoms with Crippen LogP contribution in [0.4, 0.5) is 5.69 Å². The predicted octanol–water partition coefficient (Wildman–Crippen LogP) is 2.84.